The second-order valence-corrected chi connectivity index (χ2v) is 5.78. The molecular weight excluding hydrogens is 378 g/mol. The molecule has 0 aliphatic heterocycles. The number of carbonyl (C=O) groups is 2. The van der Waals surface area contributed by atoms with Gasteiger partial charge in [-0.1, -0.05) is 0 Å². The molecule has 0 heterocycles. The Labute approximate surface area is 169 Å². The summed E-state index contributed by atoms with van der Waals surface area (Å²) in [6.07, 6.45) is 0. The average molecular weight is 403 g/mol. The fourth-order valence-electron chi connectivity index (χ4n) is 2.60. The molecule has 156 valence electrons. The lowest BCUT2D eigenvalue weighted by molar-refractivity contribution is 0.0600. The van der Waals surface area contributed by atoms with E-state index < -0.39 is 11.9 Å². The van der Waals surface area contributed by atoms with Gasteiger partial charge >= 0.3 is 5.97 Å². The second kappa shape index (κ2) is 10.2. The highest BCUT2D eigenvalue weighted by atomic mass is 16.5. The van der Waals surface area contributed by atoms with Crippen LogP contribution in [0.3, 0.4) is 0 Å². The van der Waals surface area contributed by atoms with Gasteiger partial charge in [0.25, 0.3) is 5.91 Å². The fourth-order valence-corrected chi connectivity index (χ4v) is 2.60. The molecule has 0 aromatic heterocycles. The predicted octanol–water partition coefficient (Wildman–Crippen LogP) is 3.63. The van der Waals surface area contributed by atoms with Crippen molar-refractivity contribution >= 4 is 17.6 Å². The summed E-state index contributed by atoms with van der Waals surface area (Å²) >= 11 is 0. The van der Waals surface area contributed by atoms with Crippen LogP contribution in [0.25, 0.3) is 0 Å². The number of rotatable bonds is 9. The monoisotopic (exact) mass is 403 g/mol. The van der Waals surface area contributed by atoms with Crippen LogP contribution in [0.4, 0.5) is 5.69 Å². The Morgan fingerprint density at radius 3 is 1.97 bits per heavy atom. The summed E-state index contributed by atoms with van der Waals surface area (Å²) < 4.78 is 21.5. The minimum Gasteiger partial charge on any atom is -0.506 e. The first-order chi connectivity index (χ1) is 13.9. The van der Waals surface area contributed by atoms with Crippen molar-refractivity contribution in [3.8, 4) is 23.0 Å². The highest BCUT2D eigenvalue weighted by Crippen LogP contribution is 2.39. The molecule has 0 atom stereocenters. The summed E-state index contributed by atoms with van der Waals surface area (Å²) in [5.41, 5.74) is 0.575. The second-order valence-electron chi connectivity index (χ2n) is 5.78. The van der Waals surface area contributed by atoms with Crippen molar-refractivity contribution in [2.24, 2.45) is 0 Å². The molecular formula is C21H25NO7. The van der Waals surface area contributed by atoms with Crippen molar-refractivity contribution < 1.29 is 33.6 Å². The third kappa shape index (κ3) is 5.31. The molecule has 2 rings (SSSR count). The SMILES string of the molecule is CCOc1cc(C(=O)Nc2ccc(C(=O)OC)cc2O)cc(OCC)c1OCC. The average Bonchev–Trinajstić information content (AvgIpc) is 2.71. The number of nitrogens with one attached hydrogen (secondary N) is 1. The number of phenols is 1. The molecule has 2 aromatic carbocycles. The Hall–Kier alpha value is -3.42. The van der Waals surface area contributed by atoms with E-state index in [1.165, 1.54) is 25.3 Å². The molecule has 0 aliphatic rings. The number of hydrogen-bond acceptors (Lipinski definition) is 7. The van der Waals surface area contributed by atoms with Crippen LogP contribution >= 0.6 is 0 Å². The highest BCUT2D eigenvalue weighted by Gasteiger charge is 2.19. The summed E-state index contributed by atoms with van der Waals surface area (Å²) in [4.78, 5) is 24.3. The zero-order valence-corrected chi connectivity index (χ0v) is 16.9. The number of hydrogen-bond donors (Lipinski definition) is 2. The van der Waals surface area contributed by atoms with Crippen molar-refractivity contribution in [1.82, 2.24) is 0 Å². The first-order valence-corrected chi connectivity index (χ1v) is 9.24. The van der Waals surface area contributed by atoms with E-state index in [1.807, 2.05) is 20.8 Å². The number of aromatic hydroxyl groups is 1. The van der Waals surface area contributed by atoms with Crippen LogP contribution in [0.5, 0.6) is 23.0 Å². The molecule has 0 aliphatic carbocycles. The molecule has 2 aromatic rings. The lowest BCUT2D eigenvalue weighted by Gasteiger charge is -2.17. The number of benzene rings is 2. The highest BCUT2D eigenvalue weighted by molar-refractivity contribution is 6.06. The topological polar surface area (TPSA) is 103 Å². The standard InChI is InChI=1S/C21H25NO7/c1-5-27-17-11-14(12-18(28-6-2)19(17)29-7-3)20(24)22-15-9-8-13(10-16(15)23)21(25)26-4/h8-12,23H,5-7H2,1-4H3,(H,22,24). The van der Waals surface area contributed by atoms with E-state index in [0.29, 0.717) is 37.1 Å². The quantitative estimate of drug-likeness (QED) is 0.487. The molecule has 8 nitrogen and oxygen atoms in total. The summed E-state index contributed by atoms with van der Waals surface area (Å²) in [7, 11) is 1.24. The molecule has 0 bridgehead atoms. The maximum Gasteiger partial charge on any atom is 0.337 e. The summed E-state index contributed by atoms with van der Waals surface area (Å²) in [6.45, 7) is 6.66. The predicted molar refractivity (Wildman–Crippen MR) is 107 cm³/mol. The molecule has 0 saturated heterocycles. The van der Waals surface area contributed by atoms with Crippen LogP contribution in [0, 0.1) is 0 Å². The van der Waals surface area contributed by atoms with Gasteiger partial charge in [-0.2, -0.15) is 0 Å². The van der Waals surface area contributed by atoms with Crippen LogP contribution in [-0.2, 0) is 4.74 Å². The lowest BCUT2D eigenvalue weighted by Crippen LogP contribution is -2.14. The van der Waals surface area contributed by atoms with Crippen LogP contribution in [0.15, 0.2) is 30.3 Å². The minimum absolute atomic E-state index is 0.146. The van der Waals surface area contributed by atoms with Crippen LogP contribution in [0.2, 0.25) is 0 Å². The molecule has 0 unspecified atom stereocenters. The normalized spacial score (nSPS) is 10.2. The van der Waals surface area contributed by atoms with E-state index in [1.54, 1.807) is 12.1 Å². The largest absolute Gasteiger partial charge is 0.506 e. The van der Waals surface area contributed by atoms with Crippen molar-refractivity contribution in [2.45, 2.75) is 20.8 Å². The van der Waals surface area contributed by atoms with Gasteiger partial charge in [0.1, 0.15) is 5.75 Å². The van der Waals surface area contributed by atoms with E-state index >= 15 is 0 Å². The van der Waals surface area contributed by atoms with E-state index in [-0.39, 0.29) is 22.6 Å². The third-order valence-electron chi connectivity index (χ3n) is 3.84. The number of esters is 1. The Kier molecular flexibility index (Phi) is 7.70. The Morgan fingerprint density at radius 2 is 1.48 bits per heavy atom. The van der Waals surface area contributed by atoms with E-state index in [9.17, 15) is 14.7 Å². The number of anilines is 1. The first kappa shape index (κ1) is 21.9. The Morgan fingerprint density at radius 1 is 0.897 bits per heavy atom. The number of phenolic OH excluding ortho intramolecular Hbond substituents is 1. The van der Waals surface area contributed by atoms with Gasteiger partial charge in [0.15, 0.2) is 11.5 Å². The maximum atomic E-state index is 12.8. The first-order valence-electron chi connectivity index (χ1n) is 9.24. The molecule has 29 heavy (non-hydrogen) atoms. The van der Waals surface area contributed by atoms with Gasteiger partial charge in [0.05, 0.1) is 38.2 Å². The van der Waals surface area contributed by atoms with Crippen molar-refractivity contribution in [3.63, 3.8) is 0 Å². The van der Waals surface area contributed by atoms with Gasteiger partial charge < -0.3 is 29.4 Å². The Balaban J connectivity index is 2.35. The van der Waals surface area contributed by atoms with E-state index in [4.69, 9.17) is 14.2 Å². The van der Waals surface area contributed by atoms with Gasteiger partial charge in [0.2, 0.25) is 5.75 Å². The molecule has 2 N–H and O–H groups in total. The summed E-state index contributed by atoms with van der Waals surface area (Å²) in [5.74, 6) is -0.143. The van der Waals surface area contributed by atoms with Crippen LogP contribution in [-0.4, -0.2) is 43.9 Å². The smallest absolute Gasteiger partial charge is 0.337 e. The minimum atomic E-state index is -0.590. The number of methoxy groups -OCH3 is 1. The molecule has 1 amide bonds. The molecule has 0 radical (unpaired) electrons. The van der Waals surface area contributed by atoms with Gasteiger partial charge in [0, 0.05) is 5.56 Å². The maximum absolute atomic E-state index is 12.8. The van der Waals surface area contributed by atoms with Gasteiger partial charge in [-0.15, -0.1) is 0 Å². The van der Waals surface area contributed by atoms with Gasteiger partial charge in [-0.25, -0.2) is 4.79 Å². The summed E-state index contributed by atoms with van der Waals surface area (Å²) in [6, 6.07) is 7.17. The van der Waals surface area contributed by atoms with Crippen molar-refractivity contribution in [3.05, 3.63) is 41.5 Å². The molecule has 0 fully saturated rings. The molecule has 8 heteroatoms. The lowest BCUT2D eigenvalue weighted by atomic mass is 10.1. The zero-order valence-electron chi connectivity index (χ0n) is 16.9. The fraction of sp³-hybridized carbons (Fsp3) is 0.333. The summed E-state index contributed by atoms with van der Waals surface area (Å²) in [5, 5.41) is 12.7. The molecule has 0 saturated carbocycles. The van der Waals surface area contributed by atoms with Gasteiger partial charge in [-0.3, -0.25) is 4.79 Å². The molecule has 0 spiro atoms. The third-order valence-corrected chi connectivity index (χ3v) is 3.84. The number of ether oxygens (including phenoxy) is 4. The van der Waals surface area contributed by atoms with E-state index in [0.717, 1.165) is 0 Å². The van der Waals surface area contributed by atoms with Gasteiger partial charge in [-0.05, 0) is 51.1 Å². The number of carbonyl (C=O) groups excluding carboxylic acids is 2. The van der Waals surface area contributed by atoms with Crippen molar-refractivity contribution in [1.29, 1.82) is 0 Å². The van der Waals surface area contributed by atoms with Crippen molar-refractivity contribution in [2.75, 3.05) is 32.2 Å². The van der Waals surface area contributed by atoms with Crippen LogP contribution in [0.1, 0.15) is 41.5 Å². The number of amides is 1. The Bertz CT molecular complexity index is 852. The van der Waals surface area contributed by atoms with Crippen LogP contribution < -0.4 is 19.5 Å². The zero-order chi connectivity index (χ0) is 21.4. The van der Waals surface area contributed by atoms with E-state index in [2.05, 4.69) is 10.1 Å².